The molecular weight excluding hydrogens is 396 g/mol. The number of esters is 2. The van der Waals surface area contributed by atoms with Gasteiger partial charge in [-0.15, -0.1) is 0 Å². The van der Waals surface area contributed by atoms with Crippen molar-refractivity contribution in [1.82, 2.24) is 10.2 Å². The van der Waals surface area contributed by atoms with Crippen LogP contribution >= 0.6 is 0 Å². The Hall–Kier alpha value is -2.41. The highest BCUT2D eigenvalue weighted by Gasteiger charge is 2.40. The van der Waals surface area contributed by atoms with Crippen LogP contribution in [0.2, 0.25) is 0 Å². The molecule has 0 aliphatic carbocycles. The molecule has 2 heterocycles. The topological polar surface area (TPSA) is 84.9 Å². The predicted octanol–water partition coefficient (Wildman–Crippen LogP) is 2.96. The van der Waals surface area contributed by atoms with Crippen molar-refractivity contribution in [2.75, 3.05) is 6.54 Å². The molecule has 2 aliphatic heterocycles. The standard InChI is InChI=1S/C24H34N2O5/c1-3-4-6-12-19-15-20(23(28)31-19)25-17(2)22(27)26-14-9-13-21(26)24(29)30-16-18-10-7-5-8-11-18/h5,7-8,10-11,17,19-21,25H,3-4,6,9,12-16H2,1-2H3/t17-,19?,20?,21-/m0/s1. The molecule has 1 aromatic carbocycles. The van der Waals surface area contributed by atoms with Crippen LogP contribution in [0.3, 0.4) is 0 Å². The summed E-state index contributed by atoms with van der Waals surface area (Å²) < 4.78 is 10.9. The van der Waals surface area contributed by atoms with Crippen molar-refractivity contribution >= 4 is 17.8 Å². The van der Waals surface area contributed by atoms with Crippen LogP contribution in [0.4, 0.5) is 0 Å². The molecule has 0 radical (unpaired) electrons. The van der Waals surface area contributed by atoms with Crippen molar-refractivity contribution in [2.45, 2.75) is 89.6 Å². The van der Waals surface area contributed by atoms with Gasteiger partial charge in [0.1, 0.15) is 24.8 Å². The number of hydrogen-bond donors (Lipinski definition) is 1. The van der Waals surface area contributed by atoms with E-state index in [0.717, 1.165) is 37.7 Å². The summed E-state index contributed by atoms with van der Waals surface area (Å²) in [6.07, 6.45) is 6.01. The molecule has 0 aromatic heterocycles. The lowest BCUT2D eigenvalue weighted by atomic mass is 10.1. The maximum Gasteiger partial charge on any atom is 0.329 e. The fourth-order valence-electron chi connectivity index (χ4n) is 4.31. The van der Waals surface area contributed by atoms with Gasteiger partial charge in [-0.05, 0) is 38.2 Å². The van der Waals surface area contributed by atoms with Gasteiger partial charge in [-0.25, -0.2) is 4.79 Å². The van der Waals surface area contributed by atoms with Crippen LogP contribution in [0.1, 0.15) is 64.4 Å². The molecular formula is C24H34N2O5. The van der Waals surface area contributed by atoms with Crippen LogP contribution in [-0.2, 0) is 30.5 Å². The van der Waals surface area contributed by atoms with E-state index in [1.807, 2.05) is 30.3 Å². The molecule has 7 nitrogen and oxygen atoms in total. The Balaban J connectivity index is 1.49. The van der Waals surface area contributed by atoms with Crippen molar-refractivity contribution < 1.29 is 23.9 Å². The third-order valence-corrected chi connectivity index (χ3v) is 6.05. The zero-order valence-corrected chi connectivity index (χ0v) is 18.5. The summed E-state index contributed by atoms with van der Waals surface area (Å²) in [7, 11) is 0. The van der Waals surface area contributed by atoms with Crippen molar-refractivity contribution in [3.05, 3.63) is 35.9 Å². The largest absolute Gasteiger partial charge is 0.461 e. The van der Waals surface area contributed by atoms with E-state index in [1.54, 1.807) is 11.8 Å². The highest BCUT2D eigenvalue weighted by molar-refractivity contribution is 5.88. The van der Waals surface area contributed by atoms with Crippen molar-refractivity contribution in [3.8, 4) is 0 Å². The third kappa shape index (κ3) is 6.29. The number of benzene rings is 1. The normalized spacial score (nSPS) is 24.1. The molecule has 0 spiro atoms. The molecule has 1 N–H and O–H groups in total. The van der Waals surface area contributed by atoms with Gasteiger partial charge in [0.15, 0.2) is 0 Å². The molecule has 2 fully saturated rings. The van der Waals surface area contributed by atoms with E-state index < -0.39 is 18.1 Å². The minimum Gasteiger partial charge on any atom is -0.461 e. The van der Waals surface area contributed by atoms with E-state index in [4.69, 9.17) is 9.47 Å². The molecule has 3 rings (SSSR count). The second kappa shape index (κ2) is 11.3. The number of unbranched alkanes of at least 4 members (excludes halogenated alkanes) is 2. The Morgan fingerprint density at radius 1 is 1.26 bits per heavy atom. The number of carbonyl (C=O) groups excluding carboxylic acids is 3. The SMILES string of the molecule is CCCCCC1CC(N[C@@H](C)C(=O)N2CCC[C@H]2C(=O)OCc2ccccc2)C(=O)O1. The summed E-state index contributed by atoms with van der Waals surface area (Å²) in [5.74, 6) is -0.846. The van der Waals surface area contributed by atoms with Crippen LogP contribution in [0.25, 0.3) is 0 Å². The van der Waals surface area contributed by atoms with Crippen LogP contribution in [-0.4, -0.2) is 53.5 Å². The number of hydrogen-bond acceptors (Lipinski definition) is 6. The maximum absolute atomic E-state index is 13.0. The zero-order chi connectivity index (χ0) is 22.2. The van der Waals surface area contributed by atoms with Crippen LogP contribution in [0.5, 0.6) is 0 Å². The molecule has 7 heteroatoms. The number of carbonyl (C=O) groups is 3. The second-order valence-electron chi connectivity index (χ2n) is 8.51. The quantitative estimate of drug-likeness (QED) is 0.454. The average molecular weight is 431 g/mol. The van der Waals surface area contributed by atoms with Gasteiger partial charge in [-0.1, -0.05) is 50.1 Å². The Labute approximate surface area is 184 Å². The summed E-state index contributed by atoms with van der Waals surface area (Å²) >= 11 is 0. The summed E-state index contributed by atoms with van der Waals surface area (Å²) in [4.78, 5) is 39.4. The van der Waals surface area contributed by atoms with Gasteiger partial charge in [-0.2, -0.15) is 0 Å². The Bertz CT molecular complexity index is 754. The molecule has 0 saturated carbocycles. The maximum atomic E-state index is 13.0. The van der Waals surface area contributed by atoms with Crippen molar-refractivity contribution in [1.29, 1.82) is 0 Å². The van der Waals surface area contributed by atoms with E-state index in [-0.39, 0.29) is 30.6 Å². The number of likely N-dealkylation sites (tertiary alicyclic amines) is 1. The first-order valence-electron chi connectivity index (χ1n) is 11.5. The molecule has 1 amide bonds. The van der Waals surface area contributed by atoms with E-state index in [0.29, 0.717) is 19.4 Å². The summed E-state index contributed by atoms with van der Waals surface area (Å²) in [5.41, 5.74) is 0.912. The number of cyclic esters (lactones) is 1. The van der Waals surface area contributed by atoms with E-state index in [9.17, 15) is 14.4 Å². The molecule has 170 valence electrons. The number of ether oxygens (including phenoxy) is 2. The Kier molecular flexibility index (Phi) is 8.46. The van der Waals surface area contributed by atoms with Crippen molar-refractivity contribution in [2.24, 2.45) is 0 Å². The Morgan fingerprint density at radius 2 is 2.03 bits per heavy atom. The molecule has 0 bridgehead atoms. The molecule has 2 saturated heterocycles. The van der Waals surface area contributed by atoms with E-state index >= 15 is 0 Å². The van der Waals surface area contributed by atoms with Gasteiger partial charge in [0, 0.05) is 13.0 Å². The predicted molar refractivity (Wildman–Crippen MR) is 116 cm³/mol. The van der Waals surface area contributed by atoms with Gasteiger partial charge in [0.25, 0.3) is 0 Å². The molecule has 4 atom stereocenters. The van der Waals surface area contributed by atoms with Crippen LogP contribution < -0.4 is 5.32 Å². The summed E-state index contributed by atoms with van der Waals surface area (Å²) in [6, 6.07) is 7.86. The minimum atomic E-state index is -0.575. The zero-order valence-electron chi connectivity index (χ0n) is 18.5. The lowest BCUT2D eigenvalue weighted by Crippen LogP contribution is -2.52. The molecule has 2 aliphatic rings. The molecule has 31 heavy (non-hydrogen) atoms. The highest BCUT2D eigenvalue weighted by Crippen LogP contribution is 2.23. The van der Waals surface area contributed by atoms with Gasteiger partial charge in [-0.3, -0.25) is 14.9 Å². The first-order chi connectivity index (χ1) is 15.0. The lowest BCUT2D eigenvalue weighted by Gasteiger charge is -2.27. The number of nitrogens with one attached hydrogen (secondary N) is 1. The monoisotopic (exact) mass is 430 g/mol. The number of rotatable bonds is 10. The summed E-state index contributed by atoms with van der Waals surface area (Å²) in [6.45, 7) is 4.59. The Morgan fingerprint density at radius 3 is 2.77 bits per heavy atom. The molecule has 1 aromatic rings. The number of amides is 1. The average Bonchev–Trinajstić information content (AvgIpc) is 3.39. The first-order valence-corrected chi connectivity index (χ1v) is 11.5. The lowest BCUT2D eigenvalue weighted by molar-refractivity contribution is -0.155. The first kappa shape index (κ1) is 23.3. The molecule has 2 unspecified atom stereocenters. The fourth-order valence-corrected chi connectivity index (χ4v) is 4.31. The van der Waals surface area contributed by atoms with Gasteiger partial charge in [0.2, 0.25) is 5.91 Å². The van der Waals surface area contributed by atoms with Crippen LogP contribution in [0.15, 0.2) is 30.3 Å². The highest BCUT2D eigenvalue weighted by atomic mass is 16.6. The fraction of sp³-hybridized carbons (Fsp3) is 0.625. The second-order valence-corrected chi connectivity index (χ2v) is 8.51. The van der Waals surface area contributed by atoms with Crippen LogP contribution in [0, 0.1) is 0 Å². The van der Waals surface area contributed by atoms with Gasteiger partial charge >= 0.3 is 11.9 Å². The van der Waals surface area contributed by atoms with E-state index in [1.165, 1.54) is 0 Å². The van der Waals surface area contributed by atoms with E-state index in [2.05, 4.69) is 12.2 Å². The van der Waals surface area contributed by atoms with Gasteiger partial charge < -0.3 is 14.4 Å². The number of nitrogens with zero attached hydrogens (tertiary/aromatic N) is 1. The third-order valence-electron chi connectivity index (χ3n) is 6.05. The minimum absolute atomic E-state index is 0.0775. The smallest absolute Gasteiger partial charge is 0.329 e. The van der Waals surface area contributed by atoms with Gasteiger partial charge in [0.05, 0.1) is 6.04 Å². The summed E-state index contributed by atoms with van der Waals surface area (Å²) in [5, 5.41) is 3.13. The van der Waals surface area contributed by atoms with Crippen molar-refractivity contribution in [3.63, 3.8) is 0 Å².